The molecule has 2 unspecified atom stereocenters. The lowest BCUT2D eigenvalue weighted by Crippen LogP contribution is -2.59. The second-order valence-electron chi connectivity index (χ2n) is 4.76. The first-order chi connectivity index (χ1) is 7.61. The molecule has 90 valence electrons. The smallest absolute Gasteiger partial charge is 0.324 e. The third-order valence-electron chi connectivity index (χ3n) is 3.32. The van der Waals surface area contributed by atoms with E-state index in [-0.39, 0.29) is 29.8 Å². The van der Waals surface area contributed by atoms with Crippen LogP contribution < -0.4 is 5.32 Å². The number of carbonyl (C=O) groups excluding carboxylic acids is 2. The summed E-state index contributed by atoms with van der Waals surface area (Å²) in [6, 6.07) is -0.341. The Balaban J connectivity index is 2.13. The molecular formula is C11H18N2O3. The maximum atomic E-state index is 12.2. The van der Waals surface area contributed by atoms with Crippen LogP contribution in [0, 0.1) is 11.8 Å². The molecule has 16 heavy (non-hydrogen) atoms. The van der Waals surface area contributed by atoms with Crippen LogP contribution in [0.5, 0.6) is 0 Å². The second-order valence-corrected chi connectivity index (χ2v) is 4.76. The first kappa shape index (κ1) is 11.4. The largest absolute Gasteiger partial charge is 0.379 e. The molecule has 2 saturated heterocycles. The molecular weight excluding hydrogens is 208 g/mol. The first-order valence-corrected chi connectivity index (χ1v) is 5.80. The SMILES string of the molecule is CC(C)C1CNC(=O)N(C2CCOC2)C1=O. The molecule has 5 heteroatoms. The summed E-state index contributed by atoms with van der Waals surface area (Å²) < 4.78 is 5.23. The quantitative estimate of drug-likeness (QED) is 0.750. The molecule has 0 bridgehead atoms. The monoisotopic (exact) mass is 226 g/mol. The van der Waals surface area contributed by atoms with Crippen molar-refractivity contribution in [2.24, 2.45) is 11.8 Å². The van der Waals surface area contributed by atoms with Gasteiger partial charge in [0.1, 0.15) is 0 Å². The zero-order valence-corrected chi connectivity index (χ0v) is 9.73. The zero-order chi connectivity index (χ0) is 11.7. The van der Waals surface area contributed by atoms with E-state index in [1.54, 1.807) is 0 Å². The molecule has 2 fully saturated rings. The molecule has 0 aromatic heterocycles. The van der Waals surface area contributed by atoms with E-state index in [1.807, 2.05) is 13.8 Å². The maximum absolute atomic E-state index is 12.2. The average molecular weight is 226 g/mol. The zero-order valence-electron chi connectivity index (χ0n) is 9.73. The Morgan fingerprint density at radius 1 is 1.44 bits per heavy atom. The van der Waals surface area contributed by atoms with Gasteiger partial charge in [-0.15, -0.1) is 0 Å². The predicted octanol–water partition coefficient (Wildman–Crippen LogP) is 0.599. The van der Waals surface area contributed by atoms with Crippen LogP contribution in [0.25, 0.3) is 0 Å². The fourth-order valence-electron chi connectivity index (χ4n) is 2.24. The molecule has 5 nitrogen and oxygen atoms in total. The van der Waals surface area contributed by atoms with E-state index in [1.165, 1.54) is 4.90 Å². The van der Waals surface area contributed by atoms with Gasteiger partial charge in [-0.1, -0.05) is 13.8 Å². The molecule has 2 aliphatic heterocycles. The van der Waals surface area contributed by atoms with Gasteiger partial charge in [-0.05, 0) is 12.3 Å². The Kier molecular flexibility index (Phi) is 3.14. The highest BCUT2D eigenvalue weighted by Crippen LogP contribution is 2.22. The number of rotatable bonds is 2. The van der Waals surface area contributed by atoms with Crippen molar-refractivity contribution in [1.29, 1.82) is 0 Å². The number of imide groups is 1. The summed E-state index contributed by atoms with van der Waals surface area (Å²) in [7, 11) is 0. The molecule has 0 aliphatic carbocycles. The predicted molar refractivity (Wildman–Crippen MR) is 57.8 cm³/mol. The molecule has 2 heterocycles. The fourth-order valence-corrected chi connectivity index (χ4v) is 2.24. The minimum absolute atomic E-state index is 0.0470. The standard InChI is InChI=1S/C11H18N2O3/c1-7(2)9-5-12-11(15)13(10(9)14)8-3-4-16-6-8/h7-9H,3-6H2,1-2H3,(H,12,15). The molecule has 2 aliphatic rings. The van der Waals surface area contributed by atoms with E-state index in [0.717, 1.165) is 6.42 Å². The highest BCUT2D eigenvalue weighted by atomic mass is 16.5. The first-order valence-electron chi connectivity index (χ1n) is 5.80. The molecule has 2 atom stereocenters. The third kappa shape index (κ3) is 1.91. The van der Waals surface area contributed by atoms with Crippen molar-refractivity contribution in [1.82, 2.24) is 10.2 Å². The second kappa shape index (κ2) is 4.41. The summed E-state index contributed by atoms with van der Waals surface area (Å²) in [6.07, 6.45) is 0.754. The van der Waals surface area contributed by atoms with Gasteiger partial charge in [-0.25, -0.2) is 4.79 Å². The maximum Gasteiger partial charge on any atom is 0.324 e. The van der Waals surface area contributed by atoms with Gasteiger partial charge in [0, 0.05) is 13.2 Å². The molecule has 2 rings (SSSR count). The van der Waals surface area contributed by atoms with E-state index < -0.39 is 0 Å². The van der Waals surface area contributed by atoms with Crippen LogP contribution in [0.3, 0.4) is 0 Å². The highest BCUT2D eigenvalue weighted by molar-refractivity contribution is 5.98. The molecule has 1 N–H and O–H groups in total. The van der Waals surface area contributed by atoms with Gasteiger partial charge in [-0.2, -0.15) is 0 Å². The summed E-state index contributed by atoms with van der Waals surface area (Å²) in [6.45, 7) is 5.57. The molecule has 3 amide bonds. The summed E-state index contributed by atoms with van der Waals surface area (Å²) in [5.41, 5.74) is 0. The topological polar surface area (TPSA) is 58.6 Å². The minimum atomic E-state index is -0.266. The van der Waals surface area contributed by atoms with Gasteiger partial charge in [0.2, 0.25) is 5.91 Å². The van der Waals surface area contributed by atoms with Gasteiger partial charge in [0.15, 0.2) is 0 Å². The molecule has 0 spiro atoms. The Bertz CT molecular complexity index is 298. The van der Waals surface area contributed by atoms with E-state index in [4.69, 9.17) is 4.74 Å². The van der Waals surface area contributed by atoms with Gasteiger partial charge < -0.3 is 10.1 Å². The summed E-state index contributed by atoms with van der Waals surface area (Å²) in [5.74, 6) is 0.102. The van der Waals surface area contributed by atoms with Crippen LogP contribution in [0.2, 0.25) is 0 Å². The van der Waals surface area contributed by atoms with Crippen molar-refractivity contribution < 1.29 is 14.3 Å². The van der Waals surface area contributed by atoms with Gasteiger partial charge >= 0.3 is 6.03 Å². The number of hydrogen-bond acceptors (Lipinski definition) is 3. The van der Waals surface area contributed by atoms with Crippen molar-refractivity contribution in [2.45, 2.75) is 26.3 Å². The number of ether oxygens (including phenoxy) is 1. The Morgan fingerprint density at radius 3 is 2.75 bits per heavy atom. The molecule has 0 aromatic carbocycles. The van der Waals surface area contributed by atoms with E-state index in [0.29, 0.717) is 19.8 Å². The van der Waals surface area contributed by atoms with E-state index in [2.05, 4.69) is 5.32 Å². The van der Waals surface area contributed by atoms with E-state index in [9.17, 15) is 9.59 Å². The Hall–Kier alpha value is -1.10. The number of amides is 3. The fraction of sp³-hybridized carbons (Fsp3) is 0.818. The molecule has 0 radical (unpaired) electrons. The number of hydrogen-bond donors (Lipinski definition) is 1. The van der Waals surface area contributed by atoms with Crippen LogP contribution >= 0.6 is 0 Å². The average Bonchev–Trinajstić information content (AvgIpc) is 2.70. The van der Waals surface area contributed by atoms with Crippen LogP contribution in [0.4, 0.5) is 4.79 Å². The lowest BCUT2D eigenvalue weighted by atomic mass is 9.92. The van der Waals surface area contributed by atoms with Gasteiger partial charge in [0.25, 0.3) is 0 Å². The van der Waals surface area contributed by atoms with Crippen LogP contribution in [-0.2, 0) is 9.53 Å². The third-order valence-corrected chi connectivity index (χ3v) is 3.32. The molecule has 0 saturated carbocycles. The Morgan fingerprint density at radius 2 is 2.19 bits per heavy atom. The van der Waals surface area contributed by atoms with Crippen molar-refractivity contribution >= 4 is 11.9 Å². The minimum Gasteiger partial charge on any atom is -0.379 e. The van der Waals surface area contributed by atoms with Crippen molar-refractivity contribution in [3.63, 3.8) is 0 Å². The normalized spacial score (nSPS) is 31.1. The van der Waals surface area contributed by atoms with Crippen molar-refractivity contribution in [3.8, 4) is 0 Å². The lowest BCUT2D eigenvalue weighted by molar-refractivity contribution is -0.137. The lowest BCUT2D eigenvalue weighted by Gasteiger charge is -2.36. The van der Waals surface area contributed by atoms with Crippen LogP contribution in [0.1, 0.15) is 20.3 Å². The van der Waals surface area contributed by atoms with Gasteiger partial charge in [0.05, 0.1) is 18.6 Å². The van der Waals surface area contributed by atoms with Crippen molar-refractivity contribution in [3.05, 3.63) is 0 Å². The summed E-state index contributed by atoms with van der Waals surface area (Å²) in [4.78, 5) is 25.2. The van der Waals surface area contributed by atoms with Gasteiger partial charge in [-0.3, -0.25) is 9.69 Å². The Labute approximate surface area is 95.1 Å². The summed E-state index contributed by atoms with van der Waals surface area (Å²) in [5, 5.41) is 2.78. The highest BCUT2D eigenvalue weighted by Gasteiger charge is 2.40. The number of urea groups is 1. The number of nitrogens with zero attached hydrogens (tertiary/aromatic N) is 1. The number of nitrogens with one attached hydrogen (secondary N) is 1. The molecule has 0 aromatic rings. The number of carbonyl (C=O) groups is 2. The van der Waals surface area contributed by atoms with Crippen molar-refractivity contribution in [2.75, 3.05) is 19.8 Å². The summed E-state index contributed by atoms with van der Waals surface area (Å²) >= 11 is 0. The van der Waals surface area contributed by atoms with Crippen LogP contribution in [-0.4, -0.2) is 42.6 Å². The van der Waals surface area contributed by atoms with E-state index >= 15 is 0 Å². The van der Waals surface area contributed by atoms with Crippen LogP contribution in [0.15, 0.2) is 0 Å².